The highest BCUT2D eigenvalue weighted by molar-refractivity contribution is 6.30. The first kappa shape index (κ1) is 19.9. The third kappa shape index (κ3) is 5.06. The van der Waals surface area contributed by atoms with E-state index in [1.807, 2.05) is 37.6 Å². The molecule has 0 aliphatic carbocycles. The second kappa shape index (κ2) is 8.82. The molecule has 7 nitrogen and oxygen atoms in total. The van der Waals surface area contributed by atoms with Crippen LogP contribution in [0.2, 0.25) is 5.02 Å². The fraction of sp³-hybridized carbons (Fsp3) is 0.389. The Morgan fingerprint density at radius 1 is 1.27 bits per heavy atom. The van der Waals surface area contributed by atoms with Gasteiger partial charge in [-0.1, -0.05) is 37.6 Å². The van der Waals surface area contributed by atoms with Crippen molar-refractivity contribution in [3.8, 4) is 0 Å². The van der Waals surface area contributed by atoms with Gasteiger partial charge in [0, 0.05) is 24.5 Å². The van der Waals surface area contributed by atoms with E-state index in [1.54, 1.807) is 24.5 Å². The molecule has 0 aliphatic rings. The molecule has 2 amide bonds. The highest BCUT2D eigenvalue weighted by Crippen LogP contribution is 2.22. The number of aryl methyl sites for hydroxylation is 1. The number of benzene rings is 1. The Bertz CT molecular complexity index is 757. The van der Waals surface area contributed by atoms with Crippen LogP contribution < -0.4 is 16.4 Å². The van der Waals surface area contributed by atoms with Crippen LogP contribution in [0.1, 0.15) is 31.3 Å². The molecule has 0 aliphatic heterocycles. The van der Waals surface area contributed by atoms with Crippen LogP contribution in [0.4, 0.5) is 0 Å². The van der Waals surface area contributed by atoms with Crippen molar-refractivity contribution in [3.63, 3.8) is 0 Å². The second-order valence-electron chi connectivity index (χ2n) is 6.44. The number of carbonyl (C=O) groups excluding carboxylic acids is 2. The Morgan fingerprint density at radius 2 is 1.92 bits per heavy atom. The van der Waals surface area contributed by atoms with Crippen LogP contribution in [0.15, 0.2) is 36.7 Å². The van der Waals surface area contributed by atoms with E-state index < -0.39 is 12.1 Å². The van der Waals surface area contributed by atoms with Gasteiger partial charge in [-0.25, -0.2) is 4.98 Å². The molecule has 0 radical (unpaired) electrons. The Balaban J connectivity index is 2.10. The van der Waals surface area contributed by atoms with Gasteiger partial charge in [0.25, 0.3) is 0 Å². The van der Waals surface area contributed by atoms with Gasteiger partial charge in [-0.05, 0) is 23.6 Å². The van der Waals surface area contributed by atoms with Crippen LogP contribution in [0, 0.1) is 5.92 Å². The standard InChI is InChI=1S/C18H24ClN5O2/c1-11(2)15(20)18(26)22-10-14(25)23-16(17-21-8-9-24(17)3)12-4-6-13(19)7-5-12/h4-9,11,15-16H,10,20H2,1-3H3,(H,22,26)(H,23,25)/t15-,16?/m0/s1. The summed E-state index contributed by atoms with van der Waals surface area (Å²) in [4.78, 5) is 28.6. The quantitative estimate of drug-likeness (QED) is 0.678. The maximum absolute atomic E-state index is 12.4. The molecular weight excluding hydrogens is 354 g/mol. The molecule has 1 heterocycles. The molecule has 1 aromatic heterocycles. The fourth-order valence-electron chi connectivity index (χ4n) is 2.41. The van der Waals surface area contributed by atoms with Gasteiger partial charge in [0.2, 0.25) is 11.8 Å². The summed E-state index contributed by atoms with van der Waals surface area (Å²) in [6.45, 7) is 3.54. The number of aromatic nitrogens is 2. The van der Waals surface area contributed by atoms with Crippen molar-refractivity contribution < 1.29 is 9.59 Å². The first-order valence-corrected chi connectivity index (χ1v) is 8.72. The number of halogens is 1. The van der Waals surface area contributed by atoms with E-state index >= 15 is 0 Å². The van der Waals surface area contributed by atoms with Gasteiger partial charge >= 0.3 is 0 Å². The zero-order valence-electron chi connectivity index (χ0n) is 15.1. The molecule has 0 spiro atoms. The molecule has 1 aromatic carbocycles. The van der Waals surface area contributed by atoms with Gasteiger partial charge in [-0.3, -0.25) is 9.59 Å². The van der Waals surface area contributed by atoms with Crippen LogP contribution in [0.25, 0.3) is 0 Å². The van der Waals surface area contributed by atoms with Gasteiger partial charge in [0.1, 0.15) is 11.9 Å². The average Bonchev–Trinajstić information content (AvgIpc) is 3.03. The van der Waals surface area contributed by atoms with Gasteiger partial charge in [-0.15, -0.1) is 0 Å². The summed E-state index contributed by atoms with van der Waals surface area (Å²) < 4.78 is 1.83. The minimum Gasteiger partial charge on any atom is -0.346 e. The lowest BCUT2D eigenvalue weighted by Crippen LogP contribution is -2.47. The molecule has 2 atom stereocenters. The lowest BCUT2D eigenvalue weighted by molar-refractivity contribution is -0.127. The molecule has 1 unspecified atom stereocenters. The Hall–Kier alpha value is -2.38. The first-order chi connectivity index (χ1) is 12.3. The third-order valence-electron chi connectivity index (χ3n) is 4.07. The van der Waals surface area contributed by atoms with E-state index in [4.69, 9.17) is 17.3 Å². The predicted octanol–water partition coefficient (Wildman–Crippen LogP) is 1.38. The summed E-state index contributed by atoms with van der Waals surface area (Å²) in [6, 6.07) is 6.05. The number of nitrogens with zero attached hydrogens (tertiary/aromatic N) is 2. The molecule has 0 bridgehead atoms. The largest absolute Gasteiger partial charge is 0.346 e. The van der Waals surface area contributed by atoms with Crippen molar-refractivity contribution in [1.82, 2.24) is 20.2 Å². The third-order valence-corrected chi connectivity index (χ3v) is 4.32. The zero-order valence-corrected chi connectivity index (χ0v) is 15.8. The van der Waals surface area contributed by atoms with Crippen LogP contribution in [-0.2, 0) is 16.6 Å². The van der Waals surface area contributed by atoms with Crippen molar-refractivity contribution in [3.05, 3.63) is 53.1 Å². The summed E-state index contributed by atoms with van der Waals surface area (Å²) in [5, 5.41) is 6.07. The normalized spacial score (nSPS) is 13.3. The molecule has 0 fully saturated rings. The van der Waals surface area contributed by atoms with Crippen molar-refractivity contribution in [2.24, 2.45) is 18.7 Å². The molecular formula is C18H24ClN5O2. The number of nitrogens with two attached hydrogens (primary N) is 1. The minimum absolute atomic E-state index is 0.00700. The van der Waals surface area contributed by atoms with Crippen molar-refractivity contribution in [2.75, 3.05) is 6.54 Å². The Labute approximate surface area is 157 Å². The molecule has 140 valence electrons. The molecule has 0 saturated carbocycles. The summed E-state index contributed by atoms with van der Waals surface area (Å²) in [5.41, 5.74) is 6.62. The summed E-state index contributed by atoms with van der Waals surface area (Å²) >= 11 is 5.95. The Kier molecular flexibility index (Phi) is 6.76. The first-order valence-electron chi connectivity index (χ1n) is 8.35. The van der Waals surface area contributed by atoms with Gasteiger partial charge < -0.3 is 20.9 Å². The number of hydrogen-bond donors (Lipinski definition) is 3. The predicted molar refractivity (Wildman–Crippen MR) is 100 cm³/mol. The van der Waals surface area contributed by atoms with Crippen LogP contribution in [-0.4, -0.2) is 34.0 Å². The highest BCUT2D eigenvalue weighted by atomic mass is 35.5. The van der Waals surface area contributed by atoms with Crippen molar-refractivity contribution in [2.45, 2.75) is 25.9 Å². The maximum atomic E-state index is 12.4. The maximum Gasteiger partial charge on any atom is 0.240 e. The molecule has 26 heavy (non-hydrogen) atoms. The van der Waals surface area contributed by atoms with E-state index in [9.17, 15) is 9.59 Å². The van der Waals surface area contributed by atoms with Crippen molar-refractivity contribution >= 4 is 23.4 Å². The van der Waals surface area contributed by atoms with Gasteiger partial charge in [-0.2, -0.15) is 0 Å². The molecule has 8 heteroatoms. The van der Waals surface area contributed by atoms with Crippen LogP contribution >= 0.6 is 11.6 Å². The lowest BCUT2D eigenvalue weighted by Gasteiger charge is -2.20. The minimum atomic E-state index is -0.649. The number of imidazole rings is 1. The molecule has 4 N–H and O–H groups in total. The average molecular weight is 378 g/mol. The second-order valence-corrected chi connectivity index (χ2v) is 6.87. The van der Waals surface area contributed by atoms with E-state index in [1.165, 1.54) is 0 Å². The fourth-order valence-corrected chi connectivity index (χ4v) is 2.53. The lowest BCUT2D eigenvalue weighted by atomic mass is 10.0. The summed E-state index contributed by atoms with van der Waals surface area (Å²) in [7, 11) is 1.85. The van der Waals surface area contributed by atoms with E-state index in [-0.39, 0.29) is 24.3 Å². The molecule has 2 rings (SSSR count). The van der Waals surface area contributed by atoms with Crippen LogP contribution in [0.3, 0.4) is 0 Å². The van der Waals surface area contributed by atoms with Crippen molar-refractivity contribution in [1.29, 1.82) is 0 Å². The van der Waals surface area contributed by atoms with E-state index in [0.29, 0.717) is 10.8 Å². The summed E-state index contributed by atoms with van der Waals surface area (Å²) in [5.74, 6) is -0.0224. The number of hydrogen-bond acceptors (Lipinski definition) is 4. The molecule has 2 aromatic rings. The topological polar surface area (TPSA) is 102 Å². The number of amides is 2. The smallest absolute Gasteiger partial charge is 0.240 e. The molecule has 0 saturated heterocycles. The van der Waals surface area contributed by atoms with Gasteiger partial charge in [0.05, 0.1) is 12.6 Å². The number of carbonyl (C=O) groups is 2. The Morgan fingerprint density at radius 3 is 2.46 bits per heavy atom. The number of nitrogens with one attached hydrogen (secondary N) is 2. The SMILES string of the molecule is CC(C)[C@H](N)C(=O)NCC(=O)NC(c1ccc(Cl)cc1)c1nccn1C. The zero-order chi connectivity index (χ0) is 19.3. The van der Waals surface area contributed by atoms with E-state index in [0.717, 1.165) is 5.56 Å². The summed E-state index contributed by atoms with van der Waals surface area (Å²) in [6.07, 6.45) is 3.46. The highest BCUT2D eigenvalue weighted by Gasteiger charge is 2.22. The monoisotopic (exact) mass is 377 g/mol. The number of rotatable bonds is 7. The van der Waals surface area contributed by atoms with E-state index in [2.05, 4.69) is 15.6 Å². The van der Waals surface area contributed by atoms with Gasteiger partial charge in [0.15, 0.2) is 0 Å². The van der Waals surface area contributed by atoms with Crippen LogP contribution in [0.5, 0.6) is 0 Å².